The molecule has 2 fully saturated rings. The molecule has 0 spiro atoms. The normalized spacial score (nSPS) is 19.6. The van der Waals surface area contributed by atoms with Crippen molar-refractivity contribution in [2.75, 3.05) is 19.8 Å². The fraction of sp³-hybridized carbons (Fsp3) is 0.414. The molecule has 3 aromatic rings. The Kier molecular flexibility index (Phi) is 6.65. The molecule has 2 saturated heterocycles. The molecule has 5 rings (SSSR count). The van der Waals surface area contributed by atoms with Crippen LogP contribution >= 0.6 is 0 Å². The summed E-state index contributed by atoms with van der Waals surface area (Å²) in [6, 6.07) is 12.9. The Morgan fingerprint density at radius 3 is 2.63 bits per heavy atom. The van der Waals surface area contributed by atoms with E-state index in [1.165, 1.54) is 23.3 Å². The van der Waals surface area contributed by atoms with Crippen molar-refractivity contribution in [2.45, 2.75) is 57.4 Å². The standard InChI is InChI=1S/C29H32FN3O2/c1-20-13-21(2)15-23(14-20)29(8-11-35-12-9-29)28(34)33-10-4-7-27(33)26-19-31-18-25(32-26)17-22-5-3-6-24(30)16-22/h3,5-6,13-16,18-19,27H,4,7-12,17H2,1-2H3. The quantitative estimate of drug-likeness (QED) is 0.509. The van der Waals surface area contributed by atoms with Crippen molar-refractivity contribution in [3.05, 3.63) is 94.3 Å². The summed E-state index contributed by atoms with van der Waals surface area (Å²) in [4.78, 5) is 25.7. The average molecular weight is 474 g/mol. The van der Waals surface area contributed by atoms with Crippen LogP contribution in [0.15, 0.2) is 54.9 Å². The van der Waals surface area contributed by atoms with Crippen molar-refractivity contribution in [3.8, 4) is 0 Å². The van der Waals surface area contributed by atoms with E-state index in [1.807, 2.05) is 11.0 Å². The fourth-order valence-corrected chi connectivity index (χ4v) is 5.71. The monoisotopic (exact) mass is 473 g/mol. The lowest BCUT2D eigenvalue weighted by Crippen LogP contribution is -2.49. The average Bonchev–Trinajstić information content (AvgIpc) is 3.34. The number of carbonyl (C=O) groups is 1. The molecule has 0 aliphatic carbocycles. The Hall–Kier alpha value is -3.12. The van der Waals surface area contributed by atoms with Gasteiger partial charge in [-0.05, 0) is 62.8 Å². The molecular weight excluding hydrogens is 441 g/mol. The van der Waals surface area contributed by atoms with Gasteiger partial charge in [0.25, 0.3) is 0 Å². The van der Waals surface area contributed by atoms with Crippen molar-refractivity contribution in [3.63, 3.8) is 0 Å². The molecule has 1 aromatic heterocycles. The van der Waals surface area contributed by atoms with Gasteiger partial charge in [-0.15, -0.1) is 0 Å². The molecule has 182 valence electrons. The zero-order chi connectivity index (χ0) is 24.4. The molecular formula is C29H32FN3O2. The van der Waals surface area contributed by atoms with E-state index in [9.17, 15) is 9.18 Å². The Morgan fingerprint density at radius 2 is 1.89 bits per heavy atom. The molecule has 1 amide bonds. The van der Waals surface area contributed by atoms with Crippen LogP contribution in [0.4, 0.5) is 4.39 Å². The Bertz CT molecular complexity index is 1200. The van der Waals surface area contributed by atoms with Gasteiger partial charge in [0.2, 0.25) is 5.91 Å². The van der Waals surface area contributed by atoms with Crippen LogP contribution < -0.4 is 0 Å². The highest BCUT2D eigenvalue weighted by atomic mass is 19.1. The lowest BCUT2D eigenvalue weighted by atomic mass is 9.72. The molecule has 2 aliphatic heterocycles. The molecule has 2 aliphatic rings. The minimum atomic E-state index is -0.579. The minimum Gasteiger partial charge on any atom is -0.381 e. The van der Waals surface area contributed by atoms with E-state index in [0.29, 0.717) is 39.0 Å². The van der Waals surface area contributed by atoms with Crippen LogP contribution in [-0.2, 0) is 21.4 Å². The van der Waals surface area contributed by atoms with Gasteiger partial charge in [0.15, 0.2) is 0 Å². The number of aryl methyl sites for hydroxylation is 2. The van der Waals surface area contributed by atoms with E-state index in [2.05, 4.69) is 37.0 Å². The maximum Gasteiger partial charge on any atom is 0.233 e. The maximum absolute atomic E-state index is 14.3. The van der Waals surface area contributed by atoms with Crippen LogP contribution in [-0.4, -0.2) is 40.5 Å². The maximum atomic E-state index is 14.3. The molecule has 0 N–H and O–H groups in total. The van der Waals surface area contributed by atoms with Crippen molar-refractivity contribution < 1.29 is 13.9 Å². The molecule has 6 heteroatoms. The first-order chi connectivity index (χ1) is 16.9. The summed E-state index contributed by atoms with van der Waals surface area (Å²) in [6.07, 6.45) is 7.17. The smallest absolute Gasteiger partial charge is 0.233 e. The van der Waals surface area contributed by atoms with Gasteiger partial charge in [0.1, 0.15) is 5.82 Å². The zero-order valence-electron chi connectivity index (χ0n) is 20.5. The highest BCUT2D eigenvalue weighted by Gasteiger charge is 2.47. The second kappa shape index (κ2) is 9.86. The number of rotatable bonds is 5. The number of nitrogens with zero attached hydrogens (tertiary/aromatic N) is 3. The van der Waals surface area contributed by atoms with E-state index in [0.717, 1.165) is 35.4 Å². The molecule has 2 aromatic carbocycles. The molecule has 5 nitrogen and oxygen atoms in total. The van der Waals surface area contributed by atoms with Gasteiger partial charge in [-0.1, -0.05) is 41.5 Å². The highest BCUT2D eigenvalue weighted by molar-refractivity contribution is 5.89. The van der Waals surface area contributed by atoms with Crippen molar-refractivity contribution >= 4 is 5.91 Å². The number of likely N-dealkylation sites (tertiary alicyclic amines) is 1. The molecule has 1 unspecified atom stereocenters. The van der Waals surface area contributed by atoms with Crippen LogP contribution in [0.25, 0.3) is 0 Å². The molecule has 0 saturated carbocycles. The largest absolute Gasteiger partial charge is 0.381 e. The predicted molar refractivity (Wildman–Crippen MR) is 133 cm³/mol. The van der Waals surface area contributed by atoms with Gasteiger partial charge in [0, 0.05) is 32.4 Å². The summed E-state index contributed by atoms with van der Waals surface area (Å²) in [5, 5.41) is 0. The summed E-state index contributed by atoms with van der Waals surface area (Å²) in [5.74, 6) is -0.0852. The number of hydrogen-bond donors (Lipinski definition) is 0. The van der Waals surface area contributed by atoms with Gasteiger partial charge < -0.3 is 9.64 Å². The number of benzene rings is 2. The first-order valence-electron chi connectivity index (χ1n) is 12.5. The van der Waals surface area contributed by atoms with Crippen molar-refractivity contribution in [1.82, 2.24) is 14.9 Å². The Morgan fingerprint density at radius 1 is 1.11 bits per heavy atom. The van der Waals surface area contributed by atoms with Crippen LogP contribution in [0.5, 0.6) is 0 Å². The molecule has 0 radical (unpaired) electrons. The van der Waals surface area contributed by atoms with Crippen molar-refractivity contribution in [2.24, 2.45) is 0 Å². The summed E-state index contributed by atoms with van der Waals surface area (Å²) in [5.41, 5.74) is 5.31. The number of halogens is 1. The topological polar surface area (TPSA) is 55.3 Å². The van der Waals surface area contributed by atoms with Crippen LogP contribution in [0.2, 0.25) is 0 Å². The number of amides is 1. The molecule has 35 heavy (non-hydrogen) atoms. The third kappa shape index (κ3) is 4.85. The van der Waals surface area contributed by atoms with E-state index in [4.69, 9.17) is 9.72 Å². The minimum absolute atomic E-state index is 0.104. The van der Waals surface area contributed by atoms with Gasteiger partial charge >= 0.3 is 0 Å². The predicted octanol–water partition coefficient (Wildman–Crippen LogP) is 5.24. The fourth-order valence-electron chi connectivity index (χ4n) is 5.71. The lowest BCUT2D eigenvalue weighted by molar-refractivity contribution is -0.142. The van der Waals surface area contributed by atoms with Gasteiger partial charge in [-0.3, -0.25) is 14.8 Å². The number of hydrogen-bond acceptors (Lipinski definition) is 4. The van der Waals surface area contributed by atoms with Gasteiger partial charge in [0.05, 0.1) is 29.0 Å². The first kappa shape index (κ1) is 23.6. The van der Waals surface area contributed by atoms with Crippen LogP contribution in [0, 0.1) is 19.7 Å². The Labute approximate surface area is 206 Å². The molecule has 0 bridgehead atoms. The van der Waals surface area contributed by atoms with Gasteiger partial charge in [-0.25, -0.2) is 4.39 Å². The third-order valence-electron chi connectivity index (χ3n) is 7.36. The lowest BCUT2D eigenvalue weighted by Gasteiger charge is -2.41. The molecule has 3 heterocycles. The number of aromatic nitrogens is 2. The SMILES string of the molecule is Cc1cc(C)cc(C2(C(=O)N3CCCC3c3cncc(Cc4cccc(F)c4)n3)CCOCC2)c1. The summed E-state index contributed by atoms with van der Waals surface area (Å²) in [7, 11) is 0. The second-order valence-electron chi connectivity index (χ2n) is 9.97. The highest BCUT2D eigenvalue weighted by Crippen LogP contribution is 2.42. The second-order valence-corrected chi connectivity index (χ2v) is 9.97. The zero-order valence-corrected chi connectivity index (χ0v) is 20.5. The first-order valence-corrected chi connectivity index (χ1v) is 12.5. The van der Waals surface area contributed by atoms with Crippen LogP contribution in [0.3, 0.4) is 0 Å². The van der Waals surface area contributed by atoms with Crippen LogP contribution in [0.1, 0.15) is 65.4 Å². The Balaban J connectivity index is 1.45. The van der Waals surface area contributed by atoms with E-state index < -0.39 is 5.41 Å². The number of carbonyl (C=O) groups excluding carboxylic acids is 1. The number of ether oxygens (including phenoxy) is 1. The van der Waals surface area contributed by atoms with E-state index in [1.54, 1.807) is 18.5 Å². The summed E-state index contributed by atoms with van der Waals surface area (Å²) >= 11 is 0. The van der Waals surface area contributed by atoms with Crippen molar-refractivity contribution in [1.29, 1.82) is 0 Å². The van der Waals surface area contributed by atoms with Gasteiger partial charge in [-0.2, -0.15) is 0 Å². The van der Waals surface area contributed by atoms with E-state index >= 15 is 0 Å². The summed E-state index contributed by atoms with van der Waals surface area (Å²) in [6.45, 7) is 6.06. The third-order valence-corrected chi connectivity index (χ3v) is 7.36. The molecule has 1 atom stereocenters. The van der Waals surface area contributed by atoms with E-state index in [-0.39, 0.29) is 17.8 Å². The summed E-state index contributed by atoms with van der Waals surface area (Å²) < 4.78 is 19.3.